The Morgan fingerprint density at radius 2 is 2.17 bits per heavy atom. The van der Waals surface area contributed by atoms with Gasteiger partial charge in [0.05, 0.1) is 0 Å². The molecule has 1 aromatic rings. The van der Waals surface area contributed by atoms with E-state index in [4.69, 9.17) is 10.5 Å². The van der Waals surface area contributed by atoms with Crippen molar-refractivity contribution in [2.75, 3.05) is 13.2 Å². The van der Waals surface area contributed by atoms with Gasteiger partial charge in [-0.05, 0) is 19.4 Å². The van der Waals surface area contributed by atoms with Crippen LogP contribution in [0.5, 0.6) is 5.75 Å². The number of carbonyl (C=O) groups excluding carboxylic acids is 1. The Balaban J connectivity index is 2.45. The van der Waals surface area contributed by atoms with Crippen LogP contribution in [0.15, 0.2) is 24.3 Å². The zero-order valence-corrected chi connectivity index (χ0v) is 11.1. The molecule has 0 bridgehead atoms. The highest BCUT2D eigenvalue weighted by molar-refractivity contribution is 5.77. The fraction of sp³-hybridized carbons (Fsp3) is 0.500. The molecule has 0 spiro atoms. The lowest BCUT2D eigenvalue weighted by atomic mass is 10.1. The first kappa shape index (κ1) is 14.5. The number of nitrogens with two attached hydrogens (primary N) is 1. The molecule has 0 aliphatic rings. The second-order valence-corrected chi connectivity index (χ2v) is 4.32. The fourth-order valence-corrected chi connectivity index (χ4v) is 1.59. The average Bonchev–Trinajstić information content (AvgIpc) is 2.37. The molecule has 18 heavy (non-hydrogen) atoms. The molecule has 100 valence electrons. The molecule has 0 aliphatic heterocycles. The van der Waals surface area contributed by atoms with Crippen molar-refractivity contribution in [3.8, 4) is 5.75 Å². The number of para-hydroxylation sites is 1. The Hall–Kier alpha value is -1.55. The highest BCUT2D eigenvalue weighted by Gasteiger charge is 2.08. The molecule has 4 heteroatoms. The summed E-state index contributed by atoms with van der Waals surface area (Å²) in [6, 6.07) is 7.42. The Labute approximate surface area is 109 Å². The van der Waals surface area contributed by atoms with Gasteiger partial charge in [0, 0.05) is 18.2 Å². The van der Waals surface area contributed by atoms with Crippen LogP contribution in [-0.4, -0.2) is 19.1 Å². The van der Waals surface area contributed by atoms with Gasteiger partial charge >= 0.3 is 0 Å². The molecule has 3 N–H and O–H groups in total. The second-order valence-electron chi connectivity index (χ2n) is 4.32. The topological polar surface area (TPSA) is 64.3 Å². The molecule has 4 nitrogen and oxygen atoms in total. The zero-order valence-electron chi connectivity index (χ0n) is 11.1. The highest BCUT2D eigenvalue weighted by Crippen LogP contribution is 2.22. The number of hydrogen-bond acceptors (Lipinski definition) is 3. The van der Waals surface area contributed by atoms with E-state index in [1.807, 2.05) is 31.2 Å². The first-order valence-corrected chi connectivity index (χ1v) is 6.39. The van der Waals surface area contributed by atoms with Crippen molar-refractivity contribution in [1.29, 1.82) is 0 Å². The van der Waals surface area contributed by atoms with Crippen LogP contribution >= 0.6 is 0 Å². The third-order valence-electron chi connectivity index (χ3n) is 2.62. The van der Waals surface area contributed by atoms with Crippen LogP contribution < -0.4 is 15.8 Å². The van der Waals surface area contributed by atoms with Crippen molar-refractivity contribution in [1.82, 2.24) is 5.32 Å². The van der Waals surface area contributed by atoms with Gasteiger partial charge in [-0.3, -0.25) is 4.79 Å². The monoisotopic (exact) mass is 250 g/mol. The van der Waals surface area contributed by atoms with Crippen molar-refractivity contribution in [2.45, 2.75) is 32.7 Å². The molecule has 0 fully saturated rings. The summed E-state index contributed by atoms with van der Waals surface area (Å²) in [6.45, 7) is 4.71. The van der Waals surface area contributed by atoms with Crippen LogP contribution in [0.1, 0.15) is 38.3 Å². The highest BCUT2D eigenvalue weighted by atomic mass is 16.5. The molecule has 0 saturated carbocycles. The summed E-state index contributed by atoms with van der Waals surface area (Å²) in [5.41, 5.74) is 6.75. The summed E-state index contributed by atoms with van der Waals surface area (Å²) in [5.74, 6) is 0.584. The van der Waals surface area contributed by atoms with Gasteiger partial charge in [0.1, 0.15) is 5.75 Å². The molecule has 0 saturated heterocycles. The van der Waals surface area contributed by atoms with Crippen LogP contribution in [0.4, 0.5) is 0 Å². The number of ether oxygens (including phenoxy) is 1. The summed E-state index contributed by atoms with van der Waals surface area (Å²) < 4.78 is 5.50. The van der Waals surface area contributed by atoms with Crippen LogP contribution in [-0.2, 0) is 4.79 Å². The van der Waals surface area contributed by atoms with Crippen LogP contribution in [0.25, 0.3) is 0 Å². The molecule has 1 aromatic carbocycles. The lowest BCUT2D eigenvalue weighted by Crippen LogP contribution is -2.29. The number of unbranched alkanes of at least 4 members (excludes halogenated alkanes) is 1. The second kappa shape index (κ2) is 7.71. The predicted molar refractivity (Wildman–Crippen MR) is 72.5 cm³/mol. The Morgan fingerprint density at radius 1 is 1.44 bits per heavy atom. The van der Waals surface area contributed by atoms with Crippen molar-refractivity contribution >= 4 is 5.91 Å². The van der Waals surface area contributed by atoms with Crippen LogP contribution in [0.3, 0.4) is 0 Å². The molecular weight excluding hydrogens is 228 g/mol. The lowest BCUT2D eigenvalue weighted by molar-refractivity contribution is -0.123. The number of nitrogens with one attached hydrogen (secondary N) is 1. The summed E-state index contributed by atoms with van der Waals surface area (Å²) in [6.07, 6.45) is 2.05. The molecule has 1 amide bonds. The maximum Gasteiger partial charge on any atom is 0.257 e. The summed E-state index contributed by atoms with van der Waals surface area (Å²) in [5, 5.41) is 2.81. The van der Waals surface area contributed by atoms with Gasteiger partial charge in [-0.15, -0.1) is 0 Å². The molecule has 0 aliphatic carbocycles. The minimum Gasteiger partial charge on any atom is -0.483 e. The minimum absolute atomic E-state index is 0.0352. The Morgan fingerprint density at radius 3 is 2.83 bits per heavy atom. The number of hydrogen-bond donors (Lipinski definition) is 2. The summed E-state index contributed by atoms with van der Waals surface area (Å²) in [7, 11) is 0. The van der Waals surface area contributed by atoms with Gasteiger partial charge in [0.2, 0.25) is 0 Å². The SMILES string of the molecule is CCCCNC(=O)COc1ccccc1[C@@H](C)N. The average molecular weight is 250 g/mol. The van der Waals surface area contributed by atoms with Gasteiger partial charge < -0.3 is 15.8 Å². The predicted octanol–water partition coefficient (Wildman–Crippen LogP) is 2.00. The minimum atomic E-state index is -0.107. The maximum atomic E-state index is 11.5. The van der Waals surface area contributed by atoms with Gasteiger partial charge in [0.25, 0.3) is 5.91 Å². The van der Waals surface area contributed by atoms with Crippen LogP contribution in [0, 0.1) is 0 Å². The third kappa shape index (κ3) is 4.75. The van der Waals surface area contributed by atoms with Crippen LogP contribution in [0.2, 0.25) is 0 Å². The van der Waals surface area contributed by atoms with Gasteiger partial charge in [-0.2, -0.15) is 0 Å². The Kier molecular flexibility index (Phi) is 6.22. The van der Waals surface area contributed by atoms with Crippen molar-refractivity contribution in [2.24, 2.45) is 5.73 Å². The number of amides is 1. The smallest absolute Gasteiger partial charge is 0.257 e. The van der Waals surface area contributed by atoms with E-state index in [1.54, 1.807) is 0 Å². The van der Waals surface area contributed by atoms with E-state index in [-0.39, 0.29) is 18.6 Å². The standard InChI is InChI=1S/C14H22N2O2/c1-3-4-9-16-14(17)10-18-13-8-6-5-7-12(13)11(2)15/h5-8,11H,3-4,9-10,15H2,1-2H3,(H,16,17)/t11-/m1/s1. The number of rotatable bonds is 7. The molecule has 0 aromatic heterocycles. The Bertz CT molecular complexity index is 378. The van der Waals surface area contributed by atoms with Crippen molar-refractivity contribution < 1.29 is 9.53 Å². The zero-order chi connectivity index (χ0) is 13.4. The van der Waals surface area contributed by atoms with E-state index >= 15 is 0 Å². The molecule has 0 unspecified atom stereocenters. The van der Waals surface area contributed by atoms with E-state index < -0.39 is 0 Å². The molecule has 1 rings (SSSR count). The lowest BCUT2D eigenvalue weighted by Gasteiger charge is -2.13. The third-order valence-corrected chi connectivity index (χ3v) is 2.62. The first-order chi connectivity index (χ1) is 8.65. The number of benzene rings is 1. The van der Waals surface area contributed by atoms with E-state index in [0.717, 1.165) is 18.4 Å². The van der Waals surface area contributed by atoms with E-state index in [1.165, 1.54) is 0 Å². The summed E-state index contributed by atoms with van der Waals surface area (Å²) in [4.78, 5) is 11.5. The molecule has 0 radical (unpaired) electrons. The van der Waals surface area contributed by atoms with Crippen molar-refractivity contribution in [3.63, 3.8) is 0 Å². The number of carbonyl (C=O) groups is 1. The van der Waals surface area contributed by atoms with Gasteiger partial charge in [-0.25, -0.2) is 0 Å². The maximum absolute atomic E-state index is 11.5. The van der Waals surface area contributed by atoms with Gasteiger partial charge in [-0.1, -0.05) is 31.5 Å². The van der Waals surface area contributed by atoms with Crippen molar-refractivity contribution in [3.05, 3.63) is 29.8 Å². The largest absolute Gasteiger partial charge is 0.483 e. The normalized spacial score (nSPS) is 11.9. The first-order valence-electron chi connectivity index (χ1n) is 6.39. The molecule has 1 atom stereocenters. The molecule has 0 heterocycles. The molecular formula is C14H22N2O2. The van der Waals surface area contributed by atoms with Gasteiger partial charge in [0.15, 0.2) is 6.61 Å². The van der Waals surface area contributed by atoms with E-state index in [9.17, 15) is 4.79 Å². The quantitative estimate of drug-likeness (QED) is 0.727. The summed E-state index contributed by atoms with van der Waals surface area (Å²) >= 11 is 0. The van der Waals surface area contributed by atoms with E-state index in [0.29, 0.717) is 12.3 Å². The van der Waals surface area contributed by atoms with E-state index in [2.05, 4.69) is 12.2 Å². The fourth-order valence-electron chi connectivity index (χ4n) is 1.59.